The van der Waals surface area contributed by atoms with Crippen molar-refractivity contribution in [2.24, 2.45) is 0 Å². The smallest absolute Gasteiger partial charge is 0.264 e. The normalized spacial score (nSPS) is 13.4. The Hall–Kier alpha value is -0.630. The summed E-state index contributed by atoms with van der Waals surface area (Å²) in [7, 11) is -3.45. The molecule has 1 unspecified atom stereocenters. The van der Waals surface area contributed by atoms with Crippen LogP contribution in [-0.2, 0) is 14.3 Å². The van der Waals surface area contributed by atoms with Crippen LogP contribution in [0.1, 0.15) is 6.92 Å². The van der Waals surface area contributed by atoms with Gasteiger partial charge < -0.3 is 5.32 Å². The number of rotatable bonds is 5. The summed E-state index contributed by atoms with van der Waals surface area (Å²) in [5.41, 5.74) is 0. The second-order valence-corrected chi connectivity index (χ2v) is 5.75. The highest BCUT2D eigenvalue weighted by Crippen LogP contribution is 2.15. The Kier molecular flexibility index (Phi) is 4.93. The summed E-state index contributed by atoms with van der Waals surface area (Å²) in [4.78, 5) is 7.55. The van der Waals surface area contributed by atoms with Crippen LogP contribution in [0, 0.1) is 0 Å². The number of nitrogens with one attached hydrogen (secondary N) is 1. The van der Waals surface area contributed by atoms with E-state index in [1.165, 1.54) is 6.07 Å². The van der Waals surface area contributed by atoms with Gasteiger partial charge in [0.15, 0.2) is 0 Å². The van der Waals surface area contributed by atoms with Gasteiger partial charge in [0, 0.05) is 12.1 Å². The van der Waals surface area contributed by atoms with Gasteiger partial charge in [-0.2, -0.15) is 8.42 Å². The molecule has 1 aromatic heterocycles. The lowest BCUT2D eigenvalue weighted by Crippen LogP contribution is -2.24. The summed E-state index contributed by atoms with van der Waals surface area (Å²) in [6.45, 7) is 1.72. The highest BCUT2D eigenvalue weighted by molar-refractivity contribution is 7.85. The average Bonchev–Trinajstić information content (AvgIpc) is 2.11. The molecular weight excluding hydrogens is 289 g/mol. The third kappa shape index (κ3) is 6.02. The molecule has 1 aromatic rings. The maximum absolute atomic E-state index is 10.8. The Bertz CT molecular complexity index is 475. The van der Waals surface area contributed by atoms with Gasteiger partial charge in [0.05, 0.1) is 12.9 Å². The lowest BCUT2D eigenvalue weighted by molar-refractivity contribution is 0.309. The molecule has 0 aliphatic rings. The monoisotopic (exact) mass is 299 g/mol. The van der Waals surface area contributed by atoms with E-state index >= 15 is 0 Å². The summed E-state index contributed by atoms with van der Waals surface area (Å²) in [6.07, 6.45) is 0.984. The fourth-order valence-electron chi connectivity index (χ4n) is 0.984. The first-order valence-corrected chi connectivity index (χ1v) is 7.14. The summed E-state index contributed by atoms with van der Waals surface area (Å²) < 4.78 is 26.2. The first-order valence-electron chi connectivity index (χ1n) is 4.57. The summed E-state index contributed by atoms with van der Waals surface area (Å²) >= 11 is 11.3. The fourth-order valence-corrected chi connectivity index (χ4v) is 1.84. The van der Waals surface area contributed by atoms with E-state index in [4.69, 9.17) is 23.2 Å². The SMILES string of the molecule is CC(COS(C)(=O)=O)Nc1cc(Cl)nc(Cl)n1. The van der Waals surface area contributed by atoms with Crippen LogP contribution in [-0.4, -0.2) is 37.3 Å². The molecule has 0 amide bonds. The highest BCUT2D eigenvalue weighted by Gasteiger charge is 2.09. The van der Waals surface area contributed by atoms with Crippen molar-refractivity contribution in [2.45, 2.75) is 13.0 Å². The van der Waals surface area contributed by atoms with E-state index in [-0.39, 0.29) is 23.1 Å². The summed E-state index contributed by atoms with van der Waals surface area (Å²) in [5.74, 6) is 0.402. The third-order valence-corrected chi connectivity index (χ3v) is 2.52. The lowest BCUT2D eigenvalue weighted by atomic mass is 10.3. The molecule has 1 heterocycles. The van der Waals surface area contributed by atoms with Gasteiger partial charge in [-0.3, -0.25) is 4.18 Å². The first-order chi connectivity index (χ1) is 7.76. The Morgan fingerprint density at radius 2 is 2.12 bits per heavy atom. The quantitative estimate of drug-likeness (QED) is 0.505. The van der Waals surface area contributed by atoms with Crippen LogP contribution in [0.5, 0.6) is 0 Å². The minimum atomic E-state index is -3.45. The van der Waals surface area contributed by atoms with Crippen molar-refractivity contribution in [3.05, 3.63) is 16.5 Å². The van der Waals surface area contributed by atoms with Crippen LogP contribution < -0.4 is 5.32 Å². The van der Waals surface area contributed by atoms with Gasteiger partial charge in [-0.15, -0.1) is 0 Å². The van der Waals surface area contributed by atoms with E-state index in [0.717, 1.165) is 6.26 Å². The minimum absolute atomic E-state index is 0.0104. The molecule has 0 spiro atoms. The zero-order valence-electron chi connectivity index (χ0n) is 9.15. The van der Waals surface area contributed by atoms with Crippen molar-refractivity contribution < 1.29 is 12.6 Å². The predicted molar refractivity (Wildman–Crippen MR) is 65.9 cm³/mol. The van der Waals surface area contributed by atoms with Gasteiger partial charge in [0.25, 0.3) is 10.1 Å². The molecule has 17 heavy (non-hydrogen) atoms. The summed E-state index contributed by atoms with van der Waals surface area (Å²) in [6, 6.07) is 1.21. The topological polar surface area (TPSA) is 81.2 Å². The van der Waals surface area contributed by atoms with E-state index < -0.39 is 10.1 Å². The van der Waals surface area contributed by atoms with Crippen LogP contribution in [0.25, 0.3) is 0 Å². The van der Waals surface area contributed by atoms with E-state index in [1.54, 1.807) is 6.92 Å². The van der Waals surface area contributed by atoms with Crippen LogP contribution in [0.4, 0.5) is 5.82 Å². The largest absolute Gasteiger partial charge is 0.365 e. The van der Waals surface area contributed by atoms with Crippen LogP contribution in [0.15, 0.2) is 6.07 Å². The molecule has 1 atom stereocenters. The van der Waals surface area contributed by atoms with Gasteiger partial charge in [0.1, 0.15) is 11.0 Å². The third-order valence-electron chi connectivity index (χ3n) is 1.59. The predicted octanol–water partition coefficient (Wildman–Crippen LogP) is 1.56. The number of hydrogen-bond donors (Lipinski definition) is 1. The average molecular weight is 300 g/mol. The van der Waals surface area contributed by atoms with Crippen molar-refractivity contribution in [3.63, 3.8) is 0 Å². The van der Waals surface area contributed by atoms with Crippen molar-refractivity contribution >= 4 is 39.1 Å². The maximum Gasteiger partial charge on any atom is 0.264 e. The first kappa shape index (κ1) is 14.4. The van der Waals surface area contributed by atoms with Gasteiger partial charge in [-0.1, -0.05) is 11.6 Å². The maximum atomic E-state index is 10.8. The molecule has 9 heteroatoms. The van der Waals surface area contributed by atoms with Crippen molar-refractivity contribution in [2.75, 3.05) is 18.2 Å². The molecule has 1 N–H and O–H groups in total. The Morgan fingerprint density at radius 1 is 1.47 bits per heavy atom. The van der Waals surface area contributed by atoms with Crippen molar-refractivity contribution in [1.29, 1.82) is 0 Å². The molecule has 1 rings (SSSR count). The van der Waals surface area contributed by atoms with Crippen molar-refractivity contribution in [3.8, 4) is 0 Å². The zero-order valence-corrected chi connectivity index (χ0v) is 11.5. The molecule has 0 saturated carbocycles. The van der Waals surface area contributed by atoms with E-state index in [1.807, 2.05) is 0 Å². The van der Waals surface area contributed by atoms with Crippen LogP contribution in [0.3, 0.4) is 0 Å². The molecule has 6 nitrogen and oxygen atoms in total. The Morgan fingerprint density at radius 3 is 2.65 bits per heavy atom. The van der Waals surface area contributed by atoms with E-state index in [0.29, 0.717) is 5.82 Å². The molecule has 0 aliphatic heterocycles. The molecular formula is C8H11Cl2N3O3S. The molecule has 0 radical (unpaired) electrons. The molecule has 0 saturated heterocycles. The minimum Gasteiger partial charge on any atom is -0.365 e. The number of nitrogens with zero attached hydrogens (tertiary/aromatic N) is 2. The standard InChI is InChI=1S/C8H11Cl2N3O3S/c1-5(4-16-17(2,14)15)11-7-3-6(9)12-8(10)13-7/h3,5H,4H2,1-2H3,(H,11,12,13). The van der Waals surface area contributed by atoms with E-state index in [2.05, 4.69) is 19.5 Å². The highest BCUT2D eigenvalue weighted by atomic mass is 35.5. The number of hydrogen-bond acceptors (Lipinski definition) is 6. The molecule has 0 aliphatic carbocycles. The van der Waals surface area contributed by atoms with Gasteiger partial charge >= 0.3 is 0 Å². The molecule has 0 fully saturated rings. The number of aromatic nitrogens is 2. The van der Waals surface area contributed by atoms with Gasteiger partial charge in [-0.25, -0.2) is 9.97 Å². The van der Waals surface area contributed by atoms with E-state index in [9.17, 15) is 8.42 Å². The molecule has 0 aromatic carbocycles. The lowest BCUT2D eigenvalue weighted by Gasteiger charge is -2.13. The molecule has 0 bridgehead atoms. The second kappa shape index (κ2) is 5.81. The number of halogens is 2. The van der Waals surface area contributed by atoms with Crippen molar-refractivity contribution in [1.82, 2.24) is 9.97 Å². The summed E-state index contributed by atoms with van der Waals surface area (Å²) in [5, 5.41) is 3.09. The second-order valence-electron chi connectivity index (χ2n) is 3.38. The zero-order chi connectivity index (χ0) is 13.1. The van der Waals surface area contributed by atoms with Crippen LogP contribution in [0.2, 0.25) is 10.4 Å². The fraction of sp³-hybridized carbons (Fsp3) is 0.500. The Labute approximate surface area is 109 Å². The van der Waals surface area contributed by atoms with Gasteiger partial charge in [-0.05, 0) is 18.5 Å². The Balaban J connectivity index is 2.59. The van der Waals surface area contributed by atoms with Gasteiger partial charge in [0.2, 0.25) is 5.28 Å². The van der Waals surface area contributed by atoms with Crippen LogP contribution >= 0.6 is 23.2 Å². The molecule has 96 valence electrons. The number of anilines is 1.